The zero-order valence-electron chi connectivity index (χ0n) is 17.9. The number of pyridine rings is 1. The van der Waals surface area contributed by atoms with Crippen LogP contribution in [0.4, 0.5) is 11.5 Å². The van der Waals surface area contributed by atoms with Gasteiger partial charge >= 0.3 is 0 Å². The molecule has 0 atom stereocenters. The molecule has 1 fully saturated rings. The summed E-state index contributed by atoms with van der Waals surface area (Å²) in [5.41, 5.74) is 1.48. The Hall–Kier alpha value is -4.12. The van der Waals surface area contributed by atoms with Gasteiger partial charge in [0.15, 0.2) is 0 Å². The molecule has 162 valence electrons. The maximum Gasteiger partial charge on any atom is 0.267 e. The van der Waals surface area contributed by atoms with Crippen LogP contribution in [0.5, 0.6) is 0 Å². The van der Waals surface area contributed by atoms with Gasteiger partial charge in [0, 0.05) is 44.6 Å². The van der Waals surface area contributed by atoms with Crippen LogP contribution in [-0.2, 0) is 4.79 Å². The van der Waals surface area contributed by atoms with Crippen molar-refractivity contribution in [1.82, 2.24) is 14.7 Å². The van der Waals surface area contributed by atoms with Crippen LogP contribution in [-0.4, -0.2) is 48.0 Å². The van der Waals surface area contributed by atoms with Crippen LogP contribution in [0.15, 0.2) is 65.1 Å². The molecule has 8 nitrogen and oxygen atoms in total. The van der Waals surface area contributed by atoms with Gasteiger partial charge in [-0.25, -0.2) is 4.98 Å². The minimum atomic E-state index is -0.507. The van der Waals surface area contributed by atoms with Crippen molar-refractivity contribution in [2.45, 2.75) is 6.92 Å². The summed E-state index contributed by atoms with van der Waals surface area (Å²) in [5, 5.41) is 12.1. The minimum absolute atomic E-state index is 0.120. The molecule has 1 aliphatic heterocycles. The van der Waals surface area contributed by atoms with Crippen LogP contribution >= 0.6 is 0 Å². The quantitative estimate of drug-likeness (QED) is 0.494. The molecule has 0 spiro atoms. The molecule has 0 aliphatic carbocycles. The number of nitriles is 1. The smallest absolute Gasteiger partial charge is 0.267 e. The standard InChI is InChI=1S/C24H24N6O2/c1-2-26-23(31)18(17-25)16-20-22(27-21-10-6-7-11-30(21)24(20)32)29-14-12-28(13-15-29)19-8-4-3-5-9-19/h3-11,16H,2,12-15H2,1H3,(H,26,31)/b18-16+. The van der Waals surface area contributed by atoms with Crippen LogP contribution in [0, 0.1) is 11.3 Å². The number of carbonyl (C=O) groups excluding carboxylic acids is 1. The second-order valence-corrected chi connectivity index (χ2v) is 7.42. The van der Waals surface area contributed by atoms with Gasteiger partial charge in [-0.3, -0.25) is 14.0 Å². The highest BCUT2D eigenvalue weighted by Gasteiger charge is 2.23. The monoisotopic (exact) mass is 428 g/mol. The first kappa shape index (κ1) is 21.1. The number of rotatable bonds is 5. The first-order valence-electron chi connectivity index (χ1n) is 10.6. The van der Waals surface area contributed by atoms with Crippen LogP contribution in [0.25, 0.3) is 11.7 Å². The number of hydrogen-bond acceptors (Lipinski definition) is 6. The number of amides is 1. The number of likely N-dealkylation sites (N-methyl/N-ethyl adjacent to an activating group) is 1. The lowest BCUT2D eigenvalue weighted by molar-refractivity contribution is -0.116. The number of anilines is 2. The molecule has 8 heteroatoms. The van der Waals surface area contributed by atoms with E-state index < -0.39 is 5.91 Å². The average molecular weight is 428 g/mol. The molecule has 0 unspecified atom stereocenters. The summed E-state index contributed by atoms with van der Waals surface area (Å²) in [5.74, 6) is -0.0154. The van der Waals surface area contributed by atoms with E-state index >= 15 is 0 Å². The Morgan fingerprint density at radius 3 is 2.47 bits per heavy atom. The van der Waals surface area contributed by atoms with Crippen molar-refractivity contribution >= 4 is 29.1 Å². The third kappa shape index (κ3) is 4.18. The zero-order chi connectivity index (χ0) is 22.5. The van der Waals surface area contributed by atoms with Gasteiger partial charge in [0.2, 0.25) is 0 Å². The highest BCUT2D eigenvalue weighted by Crippen LogP contribution is 2.23. The van der Waals surface area contributed by atoms with E-state index in [-0.39, 0.29) is 16.7 Å². The molecule has 1 amide bonds. The summed E-state index contributed by atoms with van der Waals surface area (Å²) in [6.45, 7) is 5.02. The van der Waals surface area contributed by atoms with Gasteiger partial charge in [-0.1, -0.05) is 24.3 Å². The number of fused-ring (bicyclic) bond motifs is 1. The van der Waals surface area contributed by atoms with E-state index in [0.29, 0.717) is 31.1 Å². The highest BCUT2D eigenvalue weighted by atomic mass is 16.1. The second kappa shape index (κ2) is 9.35. The fourth-order valence-corrected chi connectivity index (χ4v) is 3.82. The van der Waals surface area contributed by atoms with Crippen LogP contribution in [0.1, 0.15) is 12.5 Å². The maximum atomic E-state index is 13.3. The second-order valence-electron chi connectivity index (χ2n) is 7.42. The van der Waals surface area contributed by atoms with E-state index in [0.717, 1.165) is 18.8 Å². The van der Waals surface area contributed by atoms with Crippen LogP contribution in [0.2, 0.25) is 0 Å². The van der Waals surface area contributed by atoms with Crippen LogP contribution < -0.4 is 20.7 Å². The van der Waals surface area contributed by atoms with Gasteiger partial charge in [-0.15, -0.1) is 0 Å². The lowest BCUT2D eigenvalue weighted by Crippen LogP contribution is -2.47. The van der Waals surface area contributed by atoms with Gasteiger partial charge in [-0.2, -0.15) is 5.26 Å². The Morgan fingerprint density at radius 2 is 1.78 bits per heavy atom. The first-order valence-corrected chi connectivity index (χ1v) is 10.6. The van der Waals surface area contributed by atoms with E-state index in [4.69, 9.17) is 4.98 Å². The van der Waals surface area contributed by atoms with E-state index in [1.807, 2.05) is 35.2 Å². The fraction of sp³-hybridized carbons (Fsp3) is 0.250. The van der Waals surface area contributed by atoms with E-state index in [9.17, 15) is 14.9 Å². The Balaban J connectivity index is 1.74. The zero-order valence-corrected chi connectivity index (χ0v) is 17.9. The lowest BCUT2D eigenvalue weighted by Gasteiger charge is -2.37. The molecule has 2 aromatic heterocycles. The number of para-hydroxylation sites is 1. The molecule has 0 radical (unpaired) electrons. The number of piperazine rings is 1. The molecule has 3 heterocycles. The molecule has 3 aromatic rings. The van der Waals surface area contributed by atoms with Gasteiger partial charge < -0.3 is 15.1 Å². The molecular weight excluding hydrogens is 404 g/mol. The third-order valence-electron chi connectivity index (χ3n) is 5.44. The highest BCUT2D eigenvalue weighted by molar-refractivity contribution is 6.02. The Morgan fingerprint density at radius 1 is 1.09 bits per heavy atom. The molecule has 1 N–H and O–H groups in total. The summed E-state index contributed by atoms with van der Waals surface area (Å²) >= 11 is 0. The molecular formula is C24H24N6O2. The van der Waals surface area contributed by atoms with Crippen LogP contribution in [0.3, 0.4) is 0 Å². The molecule has 0 saturated carbocycles. The molecule has 1 aliphatic rings. The predicted molar refractivity (Wildman–Crippen MR) is 125 cm³/mol. The van der Waals surface area contributed by atoms with Crippen molar-refractivity contribution in [2.24, 2.45) is 0 Å². The van der Waals surface area contributed by atoms with Gasteiger partial charge in [0.05, 0.1) is 5.56 Å². The summed E-state index contributed by atoms with van der Waals surface area (Å²) < 4.78 is 1.43. The minimum Gasteiger partial charge on any atom is -0.368 e. The molecule has 32 heavy (non-hydrogen) atoms. The fourth-order valence-electron chi connectivity index (χ4n) is 3.82. The van der Waals surface area contributed by atoms with Gasteiger partial charge in [0.1, 0.15) is 23.1 Å². The average Bonchev–Trinajstić information content (AvgIpc) is 2.84. The number of carbonyl (C=O) groups is 1. The first-order chi connectivity index (χ1) is 15.6. The van der Waals surface area contributed by atoms with E-state index in [2.05, 4.69) is 22.3 Å². The summed E-state index contributed by atoms with van der Waals surface area (Å²) in [7, 11) is 0. The Labute approximate surface area is 186 Å². The Kier molecular flexibility index (Phi) is 6.17. The summed E-state index contributed by atoms with van der Waals surface area (Å²) in [6, 6.07) is 17.4. The van der Waals surface area contributed by atoms with Crippen molar-refractivity contribution in [3.05, 3.63) is 76.2 Å². The van der Waals surface area contributed by atoms with Crippen molar-refractivity contribution in [1.29, 1.82) is 5.26 Å². The molecule has 0 bridgehead atoms. The number of nitrogens with zero attached hydrogens (tertiary/aromatic N) is 5. The Bertz CT molecular complexity index is 1250. The third-order valence-corrected chi connectivity index (χ3v) is 5.44. The van der Waals surface area contributed by atoms with Crippen molar-refractivity contribution in [2.75, 3.05) is 42.5 Å². The van der Waals surface area contributed by atoms with Gasteiger partial charge in [-0.05, 0) is 37.3 Å². The summed E-state index contributed by atoms with van der Waals surface area (Å²) in [4.78, 5) is 34.7. The predicted octanol–water partition coefficient (Wildman–Crippen LogP) is 2.06. The number of aromatic nitrogens is 2. The number of benzene rings is 1. The number of nitrogens with one attached hydrogen (secondary N) is 1. The van der Waals surface area contributed by atoms with Crippen molar-refractivity contribution in [3.8, 4) is 6.07 Å². The lowest BCUT2D eigenvalue weighted by atomic mass is 10.1. The molecule has 1 saturated heterocycles. The van der Waals surface area contributed by atoms with Crippen molar-refractivity contribution < 1.29 is 4.79 Å². The largest absolute Gasteiger partial charge is 0.368 e. The normalized spacial score (nSPS) is 14.3. The van der Waals surface area contributed by atoms with E-state index in [1.165, 1.54) is 10.5 Å². The number of hydrogen-bond donors (Lipinski definition) is 1. The van der Waals surface area contributed by atoms with Gasteiger partial charge in [0.25, 0.3) is 11.5 Å². The van der Waals surface area contributed by atoms with E-state index in [1.54, 1.807) is 25.3 Å². The maximum absolute atomic E-state index is 13.3. The molecule has 1 aromatic carbocycles. The SMILES string of the molecule is CCNC(=O)/C(C#N)=C/c1c(N2CCN(c3ccccc3)CC2)nc2ccccn2c1=O. The summed E-state index contributed by atoms with van der Waals surface area (Å²) in [6.07, 6.45) is 3.00. The van der Waals surface area contributed by atoms with Crippen molar-refractivity contribution in [3.63, 3.8) is 0 Å². The molecule has 4 rings (SSSR count). The topological polar surface area (TPSA) is 93.7 Å².